The van der Waals surface area contributed by atoms with Crippen LogP contribution >= 0.6 is 0 Å². The molecule has 0 saturated heterocycles. The third-order valence-corrected chi connectivity index (χ3v) is 3.27. The number of benzene rings is 1. The van der Waals surface area contributed by atoms with Gasteiger partial charge in [-0.2, -0.15) is 0 Å². The van der Waals surface area contributed by atoms with Gasteiger partial charge in [-0.05, 0) is 18.9 Å². The van der Waals surface area contributed by atoms with Gasteiger partial charge in [-0.1, -0.05) is 6.42 Å². The summed E-state index contributed by atoms with van der Waals surface area (Å²) < 4.78 is 39.5. The summed E-state index contributed by atoms with van der Waals surface area (Å²) in [4.78, 5) is 0. The van der Waals surface area contributed by atoms with Gasteiger partial charge in [0.05, 0.1) is 0 Å². The lowest BCUT2D eigenvalue weighted by atomic mass is 9.64. The molecule has 4 heteroatoms. The SMILES string of the molecule is NCC1(c2cc(F)cc(F)c2F)CCC1. The van der Waals surface area contributed by atoms with Crippen molar-refractivity contribution in [2.45, 2.75) is 24.7 Å². The lowest BCUT2D eigenvalue weighted by molar-refractivity contribution is 0.241. The van der Waals surface area contributed by atoms with Gasteiger partial charge in [0.15, 0.2) is 11.6 Å². The first-order valence-electron chi connectivity index (χ1n) is 4.94. The number of rotatable bonds is 2. The second-order valence-electron chi connectivity index (χ2n) is 4.09. The molecule has 15 heavy (non-hydrogen) atoms. The Bertz CT molecular complexity index is 380. The highest BCUT2D eigenvalue weighted by Gasteiger charge is 2.40. The fourth-order valence-corrected chi connectivity index (χ4v) is 2.13. The van der Waals surface area contributed by atoms with E-state index in [4.69, 9.17) is 5.73 Å². The van der Waals surface area contributed by atoms with Crippen molar-refractivity contribution in [1.82, 2.24) is 0 Å². The standard InChI is InChI=1S/C11H12F3N/c12-7-4-8(10(14)9(13)5-7)11(6-15)2-1-3-11/h4-5H,1-3,6,15H2. The second kappa shape index (κ2) is 3.52. The molecule has 1 aromatic carbocycles. The fraction of sp³-hybridized carbons (Fsp3) is 0.455. The zero-order valence-electron chi connectivity index (χ0n) is 8.19. The Balaban J connectivity index is 2.51. The van der Waals surface area contributed by atoms with Crippen LogP contribution < -0.4 is 5.73 Å². The Kier molecular flexibility index (Phi) is 2.46. The summed E-state index contributed by atoms with van der Waals surface area (Å²) in [5.74, 6) is -2.84. The first-order chi connectivity index (χ1) is 7.09. The molecule has 0 atom stereocenters. The van der Waals surface area contributed by atoms with Gasteiger partial charge in [0, 0.05) is 23.6 Å². The molecule has 2 rings (SSSR count). The lowest BCUT2D eigenvalue weighted by Crippen LogP contribution is -2.42. The van der Waals surface area contributed by atoms with Gasteiger partial charge >= 0.3 is 0 Å². The Hall–Kier alpha value is -1.03. The van der Waals surface area contributed by atoms with E-state index in [-0.39, 0.29) is 12.1 Å². The van der Waals surface area contributed by atoms with E-state index in [0.717, 1.165) is 12.5 Å². The third kappa shape index (κ3) is 1.53. The van der Waals surface area contributed by atoms with Crippen LogP contribution in [0.2, 0.25) is 0 Å². The van der Waals surface area contributed by atoms with Crippen LogP contribution in [0.3, 0.4) is 0 Å². The number of hydrogen-bond donors (Lipinski definition) is 1. The molecule has 0 bridgehead atoms. The van der Waals surface area contributed by atoms with Crippen molar-refractivity contribution in [2.24, 2.45) is 5.73 Å². The summed E-state index contributed by atoms with van der Waals surface area (Å²) in [5.41, 5.74) is 5.10. The molecular weight excluding hydrogens is 203 g/mol. The number of halogens is 3. The minimum atomic E-state index is -1.13. The van der Waals surface area contributed by atoms with Crippen molar-refractivity contribution < 1.29 is 13.2 Å². The molecule has 0 spiro atoms. The monoisotopic (exact) mass is 215 g/mol. The summed E-state index contributed by atoms with van der Waals surface area (Å²) in [6.45, 7) is 0.229. The maximum atomic E-state index is 13.5. The molecule has 82 valence electrons. The smallest absolute Gasteiger partial charge is 0.162 e. The van der Waals surface area contributed by atoms with Crippen molar-refractivity contribution in [3.8, 4) is 0 Å². The predicted octanol–water partition coefficient (Wildman–Crippen LogP) is 2.48. The first kappa shape index (κ1) is 10.5. The molecule has 2 N–H and O–H groups in total. The summed E-state index contributed by atoms with van der Waals surface area (Å²) >= 11 is 0. The van der Waals surface area contributed by atoms with E-state index in [0.29, 0.717) is 18.9 Å². The van der Waals surface area contributed by atoms with E-state index in [1.54, 1.807) is 0 Å². The molecule has 0 unspecified atom stereocenters. The van der Waals surface area contributed by atoms with Gasteiger partial charge in [-0.15, -0.1) is 0 Å². The van der Waals surface area contributed by atoms with Crippen LogP contribution in [0.25, 0.3) is 0 Å². The van der Waals surface area contributed by atoms with Crippen LogP contribution in [-0.4, -0.2) is 6.54 Å². The zero-order chi connectivity index (χ0) is 11.1. The molecule has 1 aromatic rings. The highest BCUT2D eigenvalue weighted by Crippen LogP contribution is 2.44. The summed E-state index contributed by atoms with van der Waals surface area (Å²) in [5, 5.41) is 0. The molecule has 0 heterocycles. The van der Waals surface area contributed by atoms with Crippen LogP contribution in [0.5, 0.6) is 0 Å². The Morgan fingerprint density at radius 2 is 1.87 bits per heavy atom. The lowest BCUT2D eigenvalue weighted by Gasteiger charge is -2.41. The molecule has 1 saturated carbocycles. The highest BCUT2D eigenvalue weighted by molar-refractivity contribution is 5.31. The van der Waals surface area contributed by atoms with E-state index in [9.17, 15) is 13.2 Å². The van der Waals surface area contributed by atoms with Crippen molar-refractivity contribution in [3.05, 3.63) is 35.1 Å². The number of hydrogen-bond acceptors (Lipinski definition) is 1. The molecule has 1 aliphatic carbocycles. The summed E-state index contributed by atoms with van der Waals surface area (Å²) in [7, 11) is 0. The average Bonchev–Trinajstić information content (AvgIpc) is 2.12. The molecule has 0 radical (unpaired) electrons. The maximum Gasteiger partial charge on any atom is 0.162 e. The van der Waals surface area contributed by atoms with Crippen LogP contribution in [0.1, 0.15) is 24.8 Å². The van der Waals surface area contributed by atoms with Gasteiger partial charge in [0.2, 0.25) is 0 Å². The average molecular weight is 215 g/mol. The molecule has 0 amide bonds. The number of nitrogens with two attached hydrogens (primary N) is 1. The third-order valence-electron chi connectivity index (χ3n) is 3.27. The summed E-state index contributed by atoms with van der Waals surface area (Å²) in [6, 6.07) is 1.62. The van der Waals surface area contributed by atoms with Gasteiger partial charge < -0.3 is 5.73 Å². The minimum absolute atomic E-state index is 0.0914. The van der Waals surface area contributed by atoms with Crippen LogP contribution in [0.4, 0.5) is 13.2 Å². The summed E-state index contributed by atoms with van der Waals surface area (Å²) in [6.07, 6.45) is 2.32. The van der Waals surface area contributed by atoms with Crippen LogP contribution in [0.15, 0.2) is 12.1 Å². The second-order valence-corrected chi connectivity index (χ2v) is 4.09. The Morgan fingerprint density at radius 3 is 2.33 bits per heavy atom. The van der Waals surface area contributed by atoms with Crippen LogP contribution in [-0.2, 0) is 5.41 Å². The molecule has 1 aliphatic rings. The van der Waals surface area contributed by atoms with Gasteiger partial charge in [-0.3, -0.25) is 0 Å². The van der Waals surface area contributed by atoms with E-state index >= 15 is 0 Å². The molecule has 0 aromatic heterocycles. The molecule has 1 nitrogen and oxygen atoms in total. The normalized spacial score (nSPS) is 18.7. The van der Waals surface area contributed by atoms with Crippen molar-refractivity contribution in [1.29, 1.82) is 0 Å². The van der Waals surface area contributed by atoms with E-state index in [2.05, 4.69) is 0 Å². The van der Waals surface area contributed by atoms with Crippen molar-refractivity contribution in [2.75, 3.05) is 6.54 Å². The quantitative estimate of drug-likeness (QED) is 0.753. The zero-order valence-corrected chi connectivity index (χ0v) is 8.19. The molecule has 1 fully saturated rings. The maximum absolute atomic E-state index is 13.5. The van der Waals surface area contributed by atoms with E-state index in [1.807, 2.05) is 0 Å². The molecule has 0 aliphatic heterocycles. The molecular formula is C11H12F3N. The minimum Gasteiger partial charge on any atom is -0.330 e. The Morgan fingerprint density at radius 1 is 1.20 bits per heavy atom. The van der Waals surface area contributed by atoms with Gasteiger partial charge in [0.1, 0.15) is 5.82 Å². The van der Waals surface area contributed by atoms with Crippen molar-refractivity contribution >= 4 is 0 Å². The predicted molar refractivity (Wildman–Crippen MR) is 50.9 cm³/mol. The van der Waals surface area contributed by atoms with E-state index < -0.39 is 22.9 Å². The van der Waals surface area contributed by atoms with Gasteiger partial charge in [0.25, 0.3) is 0 Å². The largest absolute Gasteiger partial charge is 0.330 e. The topological polar surface area (TPSA) is 26.0 Å². The fourth-order valence-electron chi connectivity index (χ4n) is 2.13. The van der Waals surface area contributed by atoms with Gasteiger partial charge in [-0.25, -0.2) is 13.2 Å². The Labute approximate surface area is 86.1 Å². The van der Waals surface area contributed by atoms with E-state index in [1.165, 1.54) is 0 Å². The van der Waals surface area contributed by atoms with Crippen LogP contribution in [0, 0.1) is 17.5 Å². The first-order valence-corrected chi connectivity index (χ1v) is 4.94. The highest BCUT2D eigenvalue weighted by atomic mass is 19.2. The van der Waals surface area contributed by atoms with Crippen molar-refractivity contribution in [3.63, 3.8) is 0 Å².